The molecular weight excluding hydrogens is 388 g/mol. The molecule has 2 bridgehead atoms. The summed E-state index contributed by atoms with van der Waals surface area (Å²) in [4.78, 5) is 24.7. The van der Waals surface area contributed by atoms with E-state index in [4.69, 9.17) is 21.6 Å². The number of hydrogen-bond acceptors (Lipinski definition) is 4. The van der Waals surface area contributed by atoms with Gasteiger partial charge in [-0.3, -0.25) is 9.59 Å². The van der Waals surface area contributed by atoms with Crippen LogP contribution < -0.4 is 10.1 Å². The van der Waals surface area contributed by atoms with Crippen LogP contribution >= 0.6 is 11.6 Å². The topological polar surface area (TPSA) is 79.2 Å². The quantitative estimate of drug-likeness (QED) is 0.780. The molecule has 4 aliphatic carbocycles. The second-order valence-corrected chi connectivity index (χ2v) is 10.9. The van der Waals surface area contributed by atoms with Gasteiger partial charge >= 0.3 is 0 Å². The minimum Gasteiger partial charge on any atom is -0.489 e. The average molecular weight is 415 g/mol. The molecule has 0 heterocycles. The Bertz CT molecular complexity index is 924. The summed E-state index contributed by atoms with van der Waals surface area (Å²) < 4.78 is 6.27. The number of rotatable bonds is 5. The van der Waals surface area contributed by atoms with Gasteiger partial charge in [0.25, 0.3) is 0 Å². The first kappa shape index (κ1) is 20.2. The van der Waals surface area contributed by atoms with Gasteiger partial charge in [0.1, 0.15) is 23.7 Å². The number of nitrogens with one attached hydrogen (secondary N) is 1. The lowest BCUT2D eigenvalue weighted by Crippen LogP contribution is -2.78. The molecule has 1 aromatic rings. The lowest BCUT2D eigenvalue weighted by molar-refractivity contribution is -0.215. The van der Waals surface area contributed by atoms with Crippen molar-refractivity contribution in [2.45, 2.75) is 66.0 Å². The van der Waals surface area contributed by atoms with Gasteiger partial charge in [0.05, 0.1) is 16.0 Å². The summed E-state index contributed by atoms with van der Waals surface area (Å²) in [6.45, 7) is 10.0. The molecular formula is C23H27ClN2O3. The molecule has 6 heteroatoms. The van der Waals surface area contributed by atoms with Crippen LogP contribution in [0.15, 0.2) is 18.2 Å². The Kier molecular flexibility index (Phi) is 4.17. The lowest BCUT2D eigenvalue weighted by Gasteiger charge is -2.69. The van der Waals surface area contributed by atoms with Gasteiger partial charge in [-0.05, 0) is 38.3 Å². The van der Waals surface area contributed by atoms with Gasteiger partial charge in [0.2, 0.25) is 5.91 Å². The maximum atomic E-state index is 13.0. The molecule has 4 fully saturated rings. The van der Waals surface area contributed by atoms with Crippen LogP contribution in [-0.2, 0) is 9.59 Å². The summed E-state index contributed by atoms with van der Waals surface area (Å²) in [6, 6.07) is 7.09. The van der Waals surface area contributed by atoms with Gasteiger partial charge in [0, 0.05) is 28.4 Å². The zero-order valence-corrected chi connectivity index (χ0v) is 18.3. The number of halogens is 1. The fourth-order valence-electron chi connectivity index (χ4n) is 6.28. The van der Waals surface area contributed by atoms with Crippen molar-refractivity contribution in [3.8, 4) is 11.8 Å². The minimum absolute atomic E-state index is 0.0383. The van der Waals surface area contributed by atoms with Crippen LogP contribution in [0.1, 0.15) is 59.4 Å². The van der Waals surface area contributed by atoms with Gasteiger partial charge in [-0.2, -0.15) is 5.26 Å². The van der Waals surface area contributed by atoms with Gasteiger partial charge < -0.3 is 10.1 Å². The fourth-order valence-corrected chi connectivity index (χ4v) is 6.49. The Hall–Kier alpha value is -2.06. The van der Waals surface area contributed by atoms with E-state index < -0.39 is 0 Å². The highest BCUT2D eigenvalue weighted by Crippen LogP contribution is 2.74. The van der Waals surface area contributed by atoms with E-state index in [2.05, 4.69) is 33.0 Å². The van der Waals surface area contributed by atoms with E-state index in [-0.39, 0.29) is 45.5 Å². The van der Waals surface area contributed by atoms with Gasteiger partial charge in [-0.15, -0.1) is 0 Å². The number of Topliss-reactive ketones (excluding diaryl/α,β-unsaturated/α-hetero) is 1. The van der Waals surface area contributed by atoms with Crippen molar-refractivity contribution in [2.24, 2.45) is 21.7 Å². The van der Waals surface area contributed by atoms with E-state index in [1.807, 2.05) is 6.07 Å². The lowest BCUT2D eigenvalue weighted by atomic mass is 9.33. The van der Waals surface area contributed by atoms with E-state index in [9.17, 15) is 9.59 Å². The molecule has 1 amide bonds. The summed E-state index contributed by atoms with van der Waals surface area (Å²) in [5.74, 6) is 0.908. The molecule has 1 aromatic carbocycles. The molecule has 0 spiro atoms. The predicted molar refractivity (Wildman–Crippen MR) is 109 cm³/mol. The molecule has 0 unspecified atom stereocenters. The third-order valence-corrected chi connectivity index (χ3v) is 8.00. The van der Waals surface area contributed by atoms with Crippen LogP contribution in [0.25, 0.3) is 0 Å². The standard InChI is InChI=1S/C23H27ClN2O3/c1-13(27)22-10-23(11-22,12-22)19(28)26-17-20(2,3)18(21(17,4)5)29-15-7-6-14(9-25)16(24)8-15/h6-8,17-18H,10-12H2,1-5H3,(H,26,28). The van der Waals surface area contributed by atoms with Crippen LogP contribution in [-0.4, -0.2) is 23.8 Å². The number of nitrogens with zero attached hydrogens (tertiary/aromatic N) is 1. The molecule has 29 heavy (non-hydrogen) atoms. The molecule has 0 aromatic heterocycles. The average Bonchev–Trinajstić information content (AvgIpc) is 2.54. The number of amides is 1. The Morgan fingerprint density at radius 1 is 1.14 bits per heavy atom. The van der Waals surface area contributed by atoms with Crippen molar-refractivity contribution in [3.05, 3.63) is 28.8 Å². The number of ketones is 1. The van der Waals surface area contributed by atoms with Crippen LogP contribution in [0, 0.1) is 33.0 Å². The van der Waals surface area contributed by atoms with E-state index >= 15 is 0 Å². The predicted octanol–water partition coefficient (Wildman–Crippen LogP) is 4.27. The first-order chi connectivity index (χ1) is 13.4. The molecule has 5 nitrogen and oxygen atoms in total. The van der Waals surface area contributed by atoms with E-state index in [1.165, 1.54) is 0 Å². The zero-order chi connectivity index (χ0) is 21.4. The number of nitriles is 1. The van der Waals surface area contributed by atoms with Crippen molar-refractivity contribution in [1.82, 2.24) is 5.32 Å². The van der Waals surface area contributed by atoms with Crippen LogP contribution in [0.4, 0.5) is 0 Å². The van der Waals surface area contributed by atoms with Gasteiger partial charge in [0.15, 0.2) is 0 Å². The molecule has 0 saturated heterocycles. The largest absolute Gasteiger partial charge is 0.489 e. The maximum absolute atomic E-state index is 13.0. The summed E-state index contributed by atoms with van der Waals surface area (Å²) in [6.07, 6.45) is 1.95. The SMILES string of the molecule is CC(=O)C12CC(C(=O)NC3C(C)(C)C(Oc4ccc(C#N)c(Cl)c4)C3(C)C)(C1)C2. The van der Waals surface area contributed by atoms with E-state index in [0.29, 0.717) is 35.6 Å². The highest BCUT2D eigenvalue weighted by molar-refractivity contribution is 6.31. The summed E-state index contributed by atoms with van der Waals surface area (Å²) in [5, 5.41) is 12.7. The number of ether oxygens (including phenoxy) is 1. The minimum atomic E-state index is -0.343. The number of carbonyl (C=O) groups is 2. The molecule has 5 rings (SSSR count). The van der Waals surface area contributed by atoms with Crippen molar-refractivity contribution in [1.29, 1.82) is 5.26 Å². The monoisotopic (exact) mass is 414 g/mol. The third kappa shape index (κ3) is 2.65. The Morgan fingerprint density at radius 3 is 2.21 bits per heavy atom. The first-order valence-electron chi connectivity index (χ1n) is 10.1. The maximum Gasteiger partial charge on any atom is 0.226 e. The van der Waals surface area contributed by atoms with Gasteiger partial charge in [-0.1, -0.05) is 39.3 Å². The Labute approximate surface area is 176 Å². The normalized spacial score (nSPS) is 35.2. The Morgan fingerprint density at radius 2 is 1.72 bits per heavy atom. The molecule has 4 aliphatic rings. The highest BCUT2D eigenvalue weighted by Gasteiger charge is 2.74. The van der Waals surface area contributed by atoms with Crippen molar-refractivity contribution in [2.75, 3.05) is 0 Å². The Balaban J connectivity index is 1.45. The van der Waals surface area contributed by atoms with Crippen LogP contribution in [0.3, 0.4) is 0 Å². The number of carbonyl (C=O) groups excluding carboxylic acids is 2. The summed E-state index contributed by atoms with van der Waals surface area (Å²) in [5.41, 5.74) is -0.701. The first-order valence-corrected chi connectivity index (χ1v) is 10.4. The molecule has 0 aliphatic heterocycles. The fraction of sp³-hybridized carbons (Fsp3) is 0.609. The van der Waals surface area contributed by atoms with E-state index in [0.717, 1.165) is 0 Å². The van der Waals surface area contributed by atoms with Crippen LogP contribution in [0.2, 0.25) is 5.02 Å². The van der Waals surface area contributed by atoms with Crippen molar-refractivity contribution >= 4 is 23.3 Å². The highest BCUT2D eigenvalue weighted by atomic mass is 35.5. The number of benzene rings is 1. The number of hydrogen-bond donors (Lipinski definition) is 1. The summed E-state index contributed by atoms with van der Waals surface area (Å²) in [7, 11) is 0. The third-order valence-electron chi connectivity index (χ3n) is 7.69. The molecule has 154 valence electrons. The molecule has 4 saturated carbocycles. The molecule has 1 N–H and O–H groups in total. The second-order valence-electron chi connectivity index (χ2n) is 10.4. The zero-order valence-electron chi connectivity index (χ0n) is 17.6. The molecule has 0 atom stereocenters. The van der Waals surface area contributed by atoms with Gasteiger partial charge in [-0.25, -0.2) is 0 Å². The van der Waals surface area contributed by atoms with Crippen LogP contribution in [0.5, 0.6) is 5.75 Å². The summed E-state index contributed by atoms with van der Waals surface area (Å²) >= 11 is 6.14. The van der Waals surface area contributed by atoms with Crippen molar-refractivity contribution < 1.29 is 14.3 Å². The van der Waals surface area contributed by atoms with Crippen molar-refractivity contribution in [3.63, 3.8) is 0 Å². The van der Waals surface area contributed by atoms with E-state index in [1.54, 1.807) is 25.1 Å². The molecule has 0 radical (unpaired) electrons. The second kappa shape index (κ2) is 5.98. The smallest absolute Gasteiger partial charge is 0.226 e.